The highest BCUT2D eigenvalue weighted by atomic mass is 19.3. The third-order valence-corrected chi connectivity index (χ3v) is 2.18. The first kappa shape index (κ1) is 10.2. The summed E-state index contributed by atoms with van der Waals surface area (Å²) in [5.74, 6) is -0.499. The van der Waals surface area contributed by atoms with Crippen LogP contribution in [0.4, 0.5) is 8.78 Å². The van der Waals surface area contributed by atoms with Gasteiger partial charge in [-0.1, -0.05) is 5.16 Å². The average Bonchev–Trinajstić information content (AvgIpc) is 2.52. The zero-order valence-electron chi connectivity index (χ0n) is 7.16. The van der Waals surface area contributed by atoms with E-state index in [4.69, 9.17) is 10.9 Å². The number of hydrogen-bond acceptors (Lipinski definition) is 3. The molecule has 1 aliphatic heterocycles. The molecule has 1 heterocycles. The molecule has 0 saturated carbocycles. The molecule has 1 aliphatic rings. The molecule has 1 saturated heterocycles. The lowest BCUT2D eigenvalue weighted by molar-refractivity contribution is 0.0817. The molecular weight excluding hydrogens is 180 g/mol. The van der Waals surface area contributed by atoms with Crippen LogP contribution in [0, 0.1) is 5.92 Å². The van der Waals surface area contributed by atoms with Gasteiger partial charge in [0.05, 0.1) is 6.54 Å². The monoisotopic (exact) mass is 193 g/mol. The Balaban J connectivity index is 2.33. The van der Waals surface area contributed by atoms with Crippen molar-refractivity contribution in [1.29, 1.82) is 0 Å². The van der Waals surface area contributed by atoms with Crippen molar-refractivity contribution >= 4 is 5.84 Å². The Kier molecular flexibility index (Phi) is 3.41. The first-order valence-corrected chi connectivity index (χ1v) is 4.10. The molecule has 0 aromatic carbocycles. The summed E-state index contributed by atoms with van der Waals surface area (Å²) in [4.78, 5) is 1.76. The van der Waals surface area contributed by atoms with Gasteiger partial charge in [0, 0.05) is 12.5 Å². The van der Waals surface area contributed by atoms with Crippen LogP contribution in [-0.2, 0) is 0 Å². The van der Waals surface area contributed by atoms with Crippen LogP contribution in [0.3, 0.4) is 0 Å². The maximum Gasteiger partial charge on any atom is 0.242 e. The van der Waals surface area contributed by atoms with E-state index >= 15 is 0 Å². The van der Waals surface area contributed by atoms with Crippen molar-refractivity contribution in [3.63, 3.8) is 0 Å². The molecule has 1 unspecified atom stereocenters. The molecule has 13 heavy (non-hydrogen) atoms. The van der Waals surface area contributed by atoms with Crippen LogP contribution < -0.4 is 5.73 Å². The lowest BCUT2D eigenvalue weighted by Gasteiger charge is -2.14. The summed E-state index contributed by atoms with van der Waals surface area (Å²) < 4.78 is 24.4. The average molecular weight is 193 g/mol. The normalized spacial score (nSPS) is 25.8. The highest BCUT2D eigenvalue weighted by Crippen LogP contribution is 2.21. The first-order valence-electron chi connectivity index (χ1n) is 4.10. The molecule has 0 aromatic heterocycles. The Morgan fingerprint density at radius 2 is 2.38 bits per heavy atom. The number of hydrogen-bond donors (Lipinski definition) is 2. The summed E-state index contributed by atoms with van der Waals surface area (Å²) in [6.45, 7) is 1.18. The quantitative estimate of drug-likeness (QED) is 0.293. The Morgan fingerprint density at radius 3 is 2.85 bits per heavy atom. The number of amidine groups is 1. The van der Waals surface area contributed by atoms with Gasteiger partial charge in [0.1, 0.15) is 0 Å². The zero-order valence-corrected chi connectivity index (χ0v) is 7.16. The standard InChI is InChI=1S/C7H13F2N3O/c8-7(9)5-1-2-12(3-5)4-6(10)11-13/h5,7,13H,1-4H2,(H2,10,11). The van der Waals surface area contributed by atoms with Crippen molar-refractivity contribution in [2.75, 3.05) is 19.6 Å². The van der Waals surface area contributed by atoms with E-state index < -0.39 is 12.3 Å². The van der Waals surface area contributed by atoms with Crippen molar-refractivity contribution < 1.29 is 14.0 Å². The van der Waals surface area contributed by atoms with Crippen LogP contribution in [0.5, 0.6) is 0 Å². The topological polar surface area (TPSA) is 61.8 Å². The second-order valence-corrected chi connectivity index (χ2v) is 3.21. The summed E-state index contributed by atoms with van der Waals surface area (Å²) in [5.41, 5.74) is 5.25. The van der Waals surface area contributed by atoms with Gasteiger partial charge < -0.3 is 10.9 Å². The molecular formula is C7H13F2N3O. The van der Waals surface area contributed by atoms with Gasteiger partial charge in [-0.15, -0.1) is 0 Å². The van der Waals surface area contributed by atoms with Gasteiger partial charge in [-0.25, -0.2) is 8.78 Å². The predicted molar refractivity (Wildman–Crippen MR) is 44.0 cm³/mol. The molecule has 0 bridgehead atoms. The molecule has 1 atom stereocenters. The first-order chi connectivity index (χ1) is 6.13. The molecule has 1 fully saturated rings. The summed E-state index contributed by atoms with van der Waals surface area (Å²) in [6, 6.07) is 0. The van der Waals surface area contributed by atoms with Gasteiger partial charge in [-0.3, -0.25) is 4.90 Å². The Bertz CT molecular complexity index is 198. The minimum atomic E-state index is -2.27. The summed E-state index contributed by atoms with van der Waals surface area (Å²) in [5, 5.41) is 11.0. The third kappa shape index (κ3) is 2.80. The second kappa shape index (κ2) is 4.36. The molecule has 4 nitrogen and oxygen atoms in total. The fourth-order valence-electron chi connectivity index (χ4n) is 1.47. The van der Waals surface area contributed by atoms with Crippen molar-refractivity contribution in [3.8, 4) is 0 Å². The van der Waals surface area contributed by atoms with E-state index in [1.165, 1.54) is 0 Å². The van der Waals surface area contributed by atoms with Crippen molar-refractivity contribution in [2.24, 2.45) is 16.8 Å². The van der Waals surface area contributed by atoms with Crippen LogP contribution >= 0.6 is 0 Å². The molecule has 0 radical (unpaired) electrons. The summed E-state index contributed by atoms with van der Waals surface area (Å²) in [7, 11) is 0. The largest absolute Gasteiger partial charge is 0.409 e. The van der Waals surface area contributed by atoms with E-state index in [1.54, 1.807) is 4.90 Å². The highest BCUT2D eigenvalue weighted by Gasteiger charge is 2.29. The maximum atomic E-state index is 12.2. The second-order valence-electron chi connectivity index (χ2n) is 3.21. The van der Waals surface area contributed by atoms with Crippen molar-refractivity contribution in [2.45, 2.75) is 12.8 Å². The van der Waals surface area contributed by atoms with Gasteiger partial charge in [0.25, 0.3) is 0 Å². The number of oxime groups is 1. The molecule has 0 aromatic rings. The lowest BCUT2D eigenvalue weighted by Crippen LogP contribution is -2.32. The Hall–Kier alpha value is -0.910. The number of rotatable bonds is 3. The molecule has 3 N–H and O–H groups in total. The number of alkyl halides is 2. The fourth-order valence-corrected chi connectivity index (χ4v) is 1.47. The molecule has 0 aliphatic carbocycles. The fraction of sp³-hybridized carbons (Fsp3) is 0.857. The smallest absolute Gasteiger partial charge is 0.242 e. The van der Waals surface area contributed by atoms with Crippen molar-refractivity contribution in [3.05, 3.63) is 0 Å². The Labute approximate surface area is 75.0 Å². The van der Waals surface area contributed by atoms with E-state index in [2.05, 4.69) is 5.16 Å². The number of nitrogens with zero attached hydrogens (tertiary/aromatic N) is 2. The SMILES string of the molecule is N/C(CN1CCC(C(F)F)C1)=N\O. The van der Waals surface area contributed by atoms with Gasteiger partial charge in [0.15, 0.2) is 5.84 Å². The van der Waals surface area contributed by atoms with Crippen LogP contribution in [0.25, 0.3) is 0 Å². The van der Waals surface area contributed by atoms with Gasteiger partial charge >= 0.3 is 0 Å². The van der Waals surface area contributed by atoms with E-state index in [9.17, 15) is 8.78 Å². The van der Waals surface area contributed by atoms with Gasteiger partial charge in [0.2, 0.25) is 6.43 Å². The third-order valence-electron chi connectivity index (χ3n) is 2.18. The van der Waals surface area contributed by atoms with E-state index in [0.29, 0.717) is 19.5 Å². The van der Waals surface area contributed by atoms with Gasteiger partial charge in [-0.2, -0.15) is 0 Å². The van der Waals surface area contributed by atoms with E-state index in [0.717, 1.165) is 0 Å². The minimum Gasteiger partial charge on any atom is -0.409 e. The molecule has 0 spiro atoms. The van der Waals surface area contributed by atoms with Gasteiger partial charge in [-0.05, 0) is 13.0 Å². The minimum absolute atomic E-state index is 0.0647. The number of nitrogens with two attached hydrogens (primary N) is 1. The maximum absolute atomic E-state index is 12.2. The van der Waals surface area contributed by atoms with Crippen LogP contribution in [-0.4, -0.2) is 42.0 Å². The molecule has 76 valence electrons. The molecule has 6 heteroatoms. The molecule has 0 amide bonds. The highest BCUT2D eigenvalue weighted by molar-refractivity contribution is 5.81. The van der Waals surface area contributed by atoms with Crippen LogP contribution in [0.2, 0.25) is 0 Å². The zero-order chi connectivity index (χ0) is 9.84. The van der Waals surface area contributed by atoms with E-state index in [-0.39, 0.29) is 12.4 Å². The summed E-state index contributed by atoms with van der Waals surface area (Å²) in [6.07, 6.45) is -1.78. The number of halogens is 2. The summed E-state index contributed by atoms with van der Waals surface area (Å²) >= 11 is 0. The molecule has 1 rings (SSSR count). The lowest BCUT2D eigenvalue weighted by atomic mass is 10.1. The van der Waals surface area contributed by atoms with Crippen molar-refractivity contribution in [1.82, 2.24) is 4.90 Å². The van der Waals surface area contributed by atoms with Crippen LogP contribution in [0.1, 0.15) is 6.42 Å². The number of likely N-dealkylation sites (tertiary alicyclic amines) is 1. The predicted octanol–water partition coefficient (Wildman–Crippen LogP) is 0.320. The van der Waals surface area contributed by atoms with Crippen LogP contribution in [0.15, 0.2) is 5.16 Å². The Morgan fingerprint density at radius 1 is 1.69 bits per heavy atom. The van der Waals surface area contributed by atoms with E-state index in [1.807, 2.05) is 0 Å².